The van der Waals surface area contributed by atoms with Crippen LogP contribution < -0.4 is 5.32 Å². The van der Waals surface area contributed by atoms with E-state index in [2.05, 4.69) is 24.3 Å². The summed E-state index contributed by atoms with van der Waals surface area (Å²) in [5.41, 5.74) is 0.446. The highest BCUT2D eigenvalue weighted by atomic mass is 35.5. The van der Waals surface area contributed by atoms with E-state index < -0.39 is 0 Å². The van der Waals surface area contributed by atoms with Gasteiger partial charge in [0.05, 0.1) is 11.2 Å². The van der Waals surface area contributed by atoms with Gasteiger partial charge in [0.1, 0.15) is 5.69 Å². The Bertz CT molecular complexity index is 424. The van der Waals surface area contributed by atoms with Gasteiger partial charge in [-0.3, -0.25) is 9.48 Å². The molecule has 1 amide bonds. The van der Waals surface area contributed by atoms with Gasteiger partial charge in [0.25, 0.3) is 5.91 Å². The van der Waals surface area contributed by atoms with Crippen molar-refractivity contribution < 1.29 is 4.79 Å². The van der Waals surface area contributed by atoms with Crippen LogP contribution in [-0.4, -0.2) is 21.7 Å². The van der Waals surface area contributed by atoms with Crippen molar-refractivity contribution in [2.45, 2.75) is 39.2 Å². The predicted molar refractivity (Wildman–Crippen MR) is 71.7 cm³/mol. The summed E-state index contributed by atoms with van der Waals surface area (Å²) in [4.78, 5) is 12.2. The van der Waals surface area contributed by atoms with Crippen LogP contribution in [0.3, 0.4) is 0 Å². The van der Waals surface area contributed by atoms with E-state index in [1.807, 2.05) is 0 Å². The van der Waals surface area contributed by atoms with Crippen molar-refractivity contribution in [3.63, 3.8) is 0 Å². The van der Waals surface area contributed by atoms with Gasteiger partial charge in [-0.15, -0.1) is 0 Å². The summed E-state index contributed by atoms with van der Waals surface area (Å²) >= 11 is 5.98. The maximum absolute atomic E-state index is 12.2. The van der Waals surface area contributed by atoms with E-state index in [4.69, 9.17) is 11.6 Å². The Morgan fingerprint density at radius 3 is 2.83 bits per heavy atom. The molecule has 1 aromatic rings. The Morgan fingerprint density at radius 1 is 1.50 bits per heavy atom. The van der Waals surface area contributed by atoms with Gasteiger partial charge in [-0.25, -0.2) is 0 Å². The number of carbonyl (C=O) groups excluding carboxylic acids is 1. The molecule has 1 aliphatic carbocycles. The van der Waals surface area contributed by atoms with Crippen LogP contribution >= 0.6 is 11.6 Å². The monoisotopic (exact) mass is 269 g/mol. The standard InChI is InChI=1S/C13H20ClN3O/c1-8-5-4-6-11(9(8)2)16-13(18)12-10(14)7-15-17(12)3/h7-9,11H,4-6H2,1-3H3,(H,16,18). The van der Waals surface area contributed by atoms with Crippen LogP contribution in [0.1, 0.15) is 43.6 Å². The fraction of sp³-hybridized carbons (Fsp3) is 0.692. The number of carbonyl (C=O) groups is 1. The molecule has 1 heterocycles. The molecule has 1 aliphatic rings. The first-order valence-corrected chi connectivity index (χ1v) is 6.87. The molecule has 4 nitrogen and oxygen atoms in total. The number of hydrogen-bond acceptors (Lipinski definition) is 2. The quantitative estimate of drug-likeness (QED) is 0.897. The minimum atomic E-state index is -0.119. The summed E-state index contributed by atoms with van der Waals surface area (Å²) < 4.78 is 1.52. The summed E-state index contributed by atoms with van der Waals surface area (Å²) in [5.74, 6) is 1.05. The molecule has 5 heteroatoms. The zero-order chi connectivity index (χ0) is 13.3. The molecule has 1 saturated carbocycles. The van der Waals surface area contributed by atoms with E-state index in [9.17, 15) is 4.79 Å². The molecule has 2 rings (SSSR count). The van der Waals surface area contributed by atoms with Gasteiger partial charge >= 0.3 is 0 Å². The van der Waals surface area contributed by atoms with Gasteiger partial charge in [0, 0.05) is 13.1 Å². The average molecular weight is 270 g/mol. The highest BCUT2D eigenvalue weighted by molar-refractivity contribution is 6.33. The lowest BCUT2D eigenvalue weighted by Crippen LogP contribution is -2.44. The predicted octanol–water partition coefficient (Wildman–Crippen LogP) is 2.63. The first-order chi connectivity index (χ1) is 8.50. The number of amides is 1. The Kier molecular flexibility index (Phi) is 3.95. The highest BCUT2D eigenvalue weighted by Crippen LogP contribution is 2.29. The molecule has 1 N–H and O–H groups in total. The summed E-state index contributed by atoms with van der Waals surface area (Å²) in [7, 11) is 1.73. The van der Waals surface area contributed by atoms with E-state index in [1.54, 1.807) is 7.05 Å². The Morgan fingerprint density at radius 2 is 2.22 bits per heavy atom. The van der Waals surface area contributed by atoms with Crippen molar-refractivity contribution in [2.24, 2.45) is 18.9 Å². The molecule has 1 fully saturated rings. The molecular formula is C13H20ClN3O. The molecule has 0 saturated heterocycles. The molecule has 18 heavy (non-hydrogen) atoms. The third kappa shape index (κ3) is 2.53. The van der Waals surface area contributed by atoms with Crippen LogP contribution in [0.15, 0.2) is 6.20 Å². The molecule has 3 unspecified atom stereocenters. The van der Waals surface area contributed by atoms with Crippen LogP contribution in [0.4, 0.5) is 0 Å². The maximum atomic E-state index is 12.2. The van der Waals surface area contributed by atoms with Gasteiger partial charge in [0.15, 0.2) is 0 Å². The van der Waals surface area contributed by atoms with E-state index in [0.717, 1.165) is 6.42 Å². The normalized spacial score (nSPS) is 28.1. The smallest absolute Gasteiger partial charge is 0.271 e. The van der Waals surface area contributed by atoms with Gasteiger partial charge in [-0.1, -0.05) is 38.3 Å². The second-order valence-electron chi connectivity index (χ2n) is 5.31. The SMILES string of the molecule is CC1CCCC(NC(=O)c2c(Cl)cnn2C)C1C. The number of nitrogens with zero attached hydrogens (tertiary/aromatic N) is 2. The van der Waals surface area contributed by atoms with Crippen molar-refractivity contribution in [1.29, 1.82) is 0 Å². The van der Waals surface area contributed by atoms with Crippen molar-refractivity contribution in [3.8, 4) is 0 Å². The second kappa shape index (κ2) is 5.31. The van der Waals surface area contributed by atoms with Gasteiger partial charge in [0.2, 0.25) is 0 Å². The lowest BCUT2D eigenvalue weighted by molar-refractivity contribution is 0.0881. The van der Waals surface area contributed by atoms with Gasteiger partial charge in [-0.2, -0.15) is 5.10 Å². The number of nitrogens with one attached hydrogen (secondary N) is 1. The van der Waals surface area contributed by atoms with E-state index in [0.29, 0.717) is 22.6 Å². The Balaban J connectivity index is 2.08. The Hall–Kier alpha value is -1.03. The number of rotatable bonds is 2. The first-order valence-electron chi connectivity index (χ1n) is 6.49. The van der Waals surface area contributed by atoms with Gasteiger partial charge in [-0.05, 0) is 18.3 Å². The van der Waals surface area contributed by atoms with Crippen LogP contribution in [-0.2, 0) is 7.05 Å². The molecule has 3 atom stereocenters. The highest BCUT2D eigenvalue weighted by Gasteiger charge is 2.29. The Labute approximate surface area is 113 Å². The van der Waals surface area contributed by atoms with Gasteiger partial charge < -0.3 is 5.32 Å². The number of aromatic nitrogens is 2. The molecule has 0 aromatic carbocycles. The third-order valence-electron chi connectivity index (χ3n) is 4.13. The zero-order valence-corrected chi connectivity index (χ0v) is 11.9. The molecule has 0 radical (unpaired) electrons. The average Bonchev–Trinajstić information content (AvgIpc) is 2.65. The lowest BCUT2D eigenvalue weighted by atomic mass is 9.78. The number of halogens is 1. The molecule has 0 aliphatic heterocycles. The zero-order valence-electron chi connectivity index (χ0n) is 11.1. The van der Waals surface area contributed by atoms with E-state index in [1.165, 1.54) is 23.7 Å². The summed E-state index contributed by atoms with van der Waals surface area (Å²) in [5, 5.41) is 7.50. The summed E-state index contributed by atoms with van der Waals surface area (Å²) in [6.07, 6.45) is 4.98. The second-order valence-corrected chi connectivity index (χ2v) is 5.72. The van der Waals surface area contributed by atoms with Crippen molar-refractivity contribution in [1.82, 2.24) is 15.1 Å². The van der Waals surface area contributed by atoms with Crippen molar-refractivity contribution >= 4 is 17.5 Å². The third-order valence-corrected chi connectivity index (χ3v) is 4.41. The summed E-state index contributed by atoms with van der Waals surface area (Å²) in [6.45, 7) is 4.46. The number of hydrogen-bond donors (Lipinski definition) is 1. The number of aryl methyl sites for hydroxylation is 1. The lowest BCUT2D eigenvalue weighted by Gasteiger charge is -2.34. The van der Waals surface area contributed by atoms with Crippen LogP contribution in [0.2, 0.25) is 5.02 Å². The summed E-state index contributed by atoms with van der Waals surface area (Å²) in [6, 6.07) is 0.243. The van der Waals surface area contributed by atoms with Crippen molar-refractivity contribution in [2.75, 3.05) is 0 Å². The first kappa shape index (κ1) is 13.4. The fourth-order valence-corrected chi connectivity index (χ4v) is 2.94. The van der Waals surface area contributed by atoms with Crippen LogP contribution in [0.25, 0.3) is 0 Å². The topological polar surface area (TPSA) is 46.9 Å². The maximum Gasteiger partial charge on any atom is 0.271 e. The minimum Gasteiger partial charge on any atom is -0.348 e. The molecule has 100 valence electrons. The van der Waals surface area contributed by atoms with Crippen molar-refractivity contribution in [3.05, 3.63) is 16.9 Å². The molecule has 0 spiro atoms. The molecular weight excluding hydrogens is 250 g/mol. The van der Waals surface area contributed by atoms with Crippen LogP contribution in [0.5, 0.6) is 0 Å². The fourth-order valence-electron chi connectivity index (χ4n) is 2.69. The van der Waals surface area contributed by atoms with E-state index >= 15 is 0 Å². The van der Waals surface area contributed by atoms with E-state index in [-0.39, 0.29) is 11.9 Å². The molecule has 1 aromatic heterocycles. The minimum absolute atomic E-state index is 0.119. The molecule has 0 bridgehead atoms. The van der Waals surface area contributed by atoms with Crippen LogP contribution in [0, 0.1) is 11.8 Å². The largest absolute Gasteiger partial charge is 0.348 e.